The maximum absolute atomic E-state index is 13.7. The van der Waals surface area contributed by atoms with Gasteiger partial charge in [0.05, 0.1) is 17.9 Å². The Kier molecular flexibility index (Phi) is 11.4. The van der Waals surface area contributed by atoms with E-state index in [9.17, 15) is 23.1 Å². The van der Waals surface area contributed by atoms with Crippen LogP contribution in [-0.2, 0) is 6.42 Å². The van der Waals surface area contributed by atoms with Gasteiger partial charge in [0.25, 0.3) is 5.91 Å². The van der Waals surface area contributed by atoms with Gasteiger partial charge < -0.3 is 19.7 Å². The molecule has 1 atom stereocenters. The number of aromatic nitrogens is 2. The van der Waals surface area contributed by atoms with E-state index in [4.69, 9.17) is 16.3 Å². The molecule has 1 amide bonds. The molecule has 3 N–H and O–H groups in total. The molecular weight excluding hydrogens is 753 g/mol. The zero-order chi connectivity index (χ0) is 37.8. The van der Waals surface area contributed by atoms with Gasteiger partial charge in [0.15, 0.2) is 0 Å². The monoisotopic (exact) mass is 788 g/mol. The lowest BCUT2D eigenvalue weighted by atomic mass is 9.87. The second kappa shape index (κ2) is 16.4. The Bertz CT molecular complexity index is 2260. The fraction of sp³-hybridized carbons (Fsp3) is 0.220. The Balaban J connectivity index is 1.08. The van der Waals surface area contributed by atoms with Gasteiger partial charge in [0.2, 0.25) is 0 Å². The number of amides is 1. The highest BCUT2D eigenvalue weighted by molar-refractivity contribution is 8.00. The van der Waals surface area contributed by atoms with E-state index in [1.165, 1.54) is 30.2 Å². The number of carbonyl (C=O) groups excluding carboxylic acids is 1. The Morgan fingerprint density at radius 2 is 1.81 bits per heavy atom. The van der Waals surface area contributed by atoms with E-state index in [1.807, 2.05) is 36.4 Å². The van der Waals surface area contributed by atoms with Crippen molar-refractivity contribution in [3.8, 4) is 22.6 Å². The number of hydrogen-bond donors (Lipinski definition) is 3. The fourth-order valence-electron chi connectivity index (χ4n) is 6.69. The van der Waals surface area contributed by atoms with Crippen molar-refractivity contribution in [2.45, 2.75) is 47.6 Å². The summed E-state index contributed by atoms with van der Waals surface area (Å²) in [7, 11) is 0. The van der Waals surface area contributed by atoms with Crippen LogP contribution in [0.1, 0.15) is 47.4 Å². The van der Waals surface area contributed by atoms with E-state index in [1.54, 1.807) is 24.5 Å². The number of rotatable bonds is 11. The molecule has 0 bridgehead atoms. The average molecular weight is 789 g/mol. The molecule has 0 radical (unpaired) electrons. The summed E-state index contributed by atoms with van der Waals surface area (Å²) >= 11 is 6.73. The predicted octanol–water partition coefficient (Wildman–Crippen LogP) is 11.2. The number of ether oxygens (including phenoxy) is 1. The van der Waals surface area contributed by atoms with Gasteiger partial charge in [-0.2, -0.15) is 13.2 Å². The number of fused-ring (bicyclic) bond motifs is 1. The molecule has 1 saturated heterocycles. The molecule has 0 saturated carbocycles. The summed E-state index contributed by atoms with van der Waals surface area (Å²) in [5, 5.41) is 11.6. The van der Waals surface area contributed by atoms with Crippen LogP contribution < -0.4 is 14.4 Å². The summed E-state index contributed by atoms with van der Waals surface area (Å²) in [5.74, 6) is 0.775. The highest BCUT2D eigenvalue weighted by Crippen LogP contribution is 2.42. The molecule has 1 fully saturated rings. The second-order valence-corrected chi connectivity index (χ2v) is 15.5. The third-order valence-electron chi connectivity index (χ3n) is 9.40. The van der Waals surface area contributed by atoms with Gasteiger partial charge in [-0.3, -0.25) is 9.52 Å². The number of thioether (sulfide) groups is 1. The average Bonchev–Trinajstić information content (AvgIpc) is 3.62. The van der Waals surface area contributed by atoms with Crippen LogP contribution in [0.3, 0.4) is 0 Å². The van der Waals surface area contributed by atoms with Crippen molar-refractivity contribution in [3.63, 3.8) is 0 Å². The van der Waals surface area contributed by atoms with Crippen LogP contribution in [0.2, 0.25) is 5.02 Å². The molecule has 7 nitrogen and oxygen atoms in total. The molecule has 6 aromatic rings. The molecule has 278 valence electrons. The largest absolute Gasteiger partial charge is 0.455 e. The first-order valence-electron chi connectivity index (χ1n) is 17.4. The number of halogens is 4. The van der Waals surface area contributed by atoms with Crippen molar-refractivity contribution in [1.82, 2.24) is 14.7 Å². The van der Waals surface area contributed by atoms with Crippen LogP contribution in [0, 0.1) is 5.92 Å². The Hall–Kier alpha value is -4.62. The minimum absolute atomic E-state index is 0.132. The van der Waals surface area contributed by atoms with Gasteiger partial charge >= 0.3 is 5.51 Å². The molecule has 54 heavy (non-hydrogen) atoms. The highest BCUT2D eigenvalue weighted by Gasteiger charge is 2.31. The molecule has 3 heterocycles. The van der Waals surface area contributed by atoms with Gasteiger partial charge in [-0.1, -0.05) is 54.1 Å². The first-order chi connectivity index (χ1) is 26.0. The lowest BCUT2D eigenvalue weighted by Crippen LogP contribution is -2.34. The zero-order valence-electron chi connectivity index (χ0n) is 29.1. The molecule has 4 aromatic carbocycles. The van der Waals surface area contributed by atoms with Crippen molar-refractivity contribution in [3.05, 3.63) is 131 Å². The number of carbonyl (C=O) groups is 1. The molecule has 0 aliphatic carbocycles. The first-order valence-corrected chi connectivity index (χ1v) is 19.4. The quantitative estimate of drug-likeness (QED) is 0.0889. The topological polar surface area (TPSA) is 90.5 Å². The number of hydrogen-bond acceptors (Lipinski definition) is 7. The molecule has 7 rings (SSSR count). The number of H-pyrrole nitrogens is 1. The van der Waals surface area contributed by atoms with Gasteiger partial charge in [-0.15, -0.1) is 0 Å². The minimum atomic E-state index is -4.54. The minimum Gasteiger partial charge on any atom is -0.455 e. The molecule has 1 aliphatic heterocycles. The van der Waals surface area contributed by atoms with Crippen molar-refractivity contribution < 1.29 is 27.8 Å². The molecule has 1 unspecified atom stereocenters. The number of benzene rings is 4. The van der Waals surface area contributed by atoms with E-state index < -0.39 is 17.5 Å². The van der Waals surface area contributed by atoms with E-state index in [0.717, 1.165) is 60.9 Å². The number of aromatic amines is 1. The number of pyridine rings is 1. The summed E-state index contributed by atoms with van der Waals surface area (Å²) in [4.78, 5) is 23.7. The first kappa shape index (κ1) is 37.7. The summed E-state index contributed by atoms with van der Waals surface area (Å²) in [6.07, 6.45) is 5.21. The number of nitrogens with one attached hydrogen (secondary N) is 2. The third kappa shape index (κ3) is 9.18. The normalized spacial score (nSPS) is 14.3. The Labute approximate surface area is 324 Å². The number of aliphatic hydroxyl groups is 1. The number of nitrogens with zero attached hydrogens (tertiary/aromatic N) is 2. The van der Waals surface area contributed by atoms with Crippen molar-refractivity contribution >= 4 is 57.9 Å². The number of piperidine rings is 1. The van der Waals surface area contributed by atoms with Crippen molar-refractivity contribution in [2.24, 2.45) is 5.92 Å². The second-order valence-electron chi connectivity index (χ2n) is 13.1. The zero-order valence-corrected chi connectivity index (χ0v) is 31.5. The number of alkyl halides is 3. The standard InChI is InChI=1S/C41H36ClF3N4O3S2/c1-25(50)34-13-11-33(23-38(34)53-41(43,44)45)54-48-40(51)36-12-10-31(22-37(36)52-32-21-29-14-17-46-39(29)47-24-32)49-18-15-26(16-19-49)20-28-4-2-3-5-35(28)27-6-8-30(42)9-7-27/h2-14,17,21-26,50H,15-16,18-20H2,1H3,(H,46,47)(H,48,51). The van der Waals surface area contributed by atoms with Gasteiger partial charge in [-0.25, -0.2) is 4.98 Å². The SMILES string of the molecule is CC(O)c1ccc(SNC(=O)c2ccc(N3CCC(Cc4ccccc4-c4ccc(Cl)cc4)CC3)cc2Oc2cnc3[nH]ccc3c2)cc1SC(F)(F)F. The molecular formula is C41H36ClF3N4O3S2. The lowest BCUT2D eigenvalue weighted by molar-refractivity contribution is -0.0329. The molecule has 0 spiro atoms. The van der Waals surface area contributed by atoms with E-state index in [-0.39, 0.29) is 27.8 Å². The predicted molar refractivity (Wildman–Crippen MR) is 210 cm³/mol. The van der Waals surface area contributed by atoms with Gasteiger partial charge in [0, 0.05) is 51.2 Å². The number of aliphatic hydroxyl groups excluding tert-OH is 1. The molecule has 1 aliphatic rings. The molecule has 13 heteroatoms. The van der Waals surface area contributed by atoms with E-state index in [2.05, 4.69) is 56.0 Å². The number of anilines is 1. The van der Waals surface area contributed by atoms with E-state index >= 15 is 0 Å². The summed E-state index contributed by atoms with van der Waals surface area (Å²) in [6, 6.07) is 29.9. The van der Waals surface area contributed by atoms with Crippen LogP contribution in [0.5, 0.6) is 11.5 Å². The highest BCUT2D eigenvalue weighted by atomic mass is 35.5. The summed E-state index contributed by atoms with van der Waals surface area (Å²) < 4.78 is 48.9. The maximum atomic E-state index is 13.7. The smallest absolute Gasteiger partial charge is 0.446 e. The van der Waals surface area contributed by atoms with Crippen LogP contribution in [-0.4, -0.2) is 39.6 Å². The van der Waals surface area contributed by atoms with Crippen LogP contribution in [0.25, 0.3) is 22.2 Å². The summed E-state index contributed by atoms with van der Waals surface area (Å²) in [6.45, 7) is 3.06. The van der Waals surface area contributed by atoms with Crippen LogP contribution in [0.15, 0.2) is 119 Å². The van der Waals surface area contributed by atoms with Crippen molar-refractivity contribution in [2.75, 3.05) is 18.0 Å². The Morgan fingerprint density at radius 1 is 1.04 bits per heavy atom. The van der Waals surface area contributed by atoms with Gasteiger partial charge in [0.1, 0.15) is 17.1 Å². The van der Waals surface area contributed by atoms with E-state index in [0.29, 0.717) is 33.0 Å². The van der Waals surface area contributed by atoms with Crippen molar-refractivity contribution in [1.29, 1.82) is 0 Å². The summed E-state index contributed by atoms with van der Waals surface area (Å²) in [5.41, 5.74) is 1.15. The lowest BCUT2D eigenvalue weighted by Gasteiger charge is -2.34. The van der Waals surface area contributed by atoms with Crippen LogP contribution in [0.4, 0.5) is 18.9 Å². The van der Waals surface area contributed by atoms with Gasteiger partial charge in [-0.05, 0) is 127 Å². The third-order valence-corrected chi connectivity index (χ3v) is 11.2. The Morgan fingerprint density at radius 3 is 2.57 bits per heavy atom. The molecule has 2 aromatic heterocycles. The fourth-order valence-corrected chi connectivity index (χ4v) is 8.32. The van der Waals surface area contributed by atoms with Crippen LogP contribution >= 0.6 is 35.3 Å². The maximum Gasteiger partial charge on any atom is 0.446 e.